The van der Waals surface area contributed by atoms with Gasteiger partial charge in [-0.25, -0.2) is 0 Å². The number of amides is 1. The summed E-state index contributed by atoms with van der Waals surface area (Å²) in [7, 11) is 1.99. The number of hydrogen-bond acceptors (Lipinski definition) is 3. The summed E-state index contributed by atoms with van der Waals surface area (Å²) in [6, 6.07) is 0.446. The second-order valence-corrected chi connectivity index (χ2v) is 4.23. The van der Waals surface area contributed by atoms with Crippen molar-refractivity contribution in [3.8, 4) is 0 Å². The Morgan fingerprint density at radius 2 is 2.29 bits per heavy atom. The van der Waals surface area contributed by atoms with Crippen LogP contribution in [0, 0.1) is 5.92 Å². The molecule has 0 radical (unpaired) electrons. The molecule has 0 spiro atoms. The van der Waals surface area contributed by atoms with Crippen molar-refractivity contribution in [2.45, 2.75) is 32.4 Å². The van der Waals surface area contributed by atoms with E-state index in [-0.39, 0.29) is 11.9 Å². The maximum absolute atomic E-state index is 11.0. The lowest BCUT2D eigenvalue weighted by molar-refractivity contribution is -0.123. The van der Waals surface area contributed by atoms with Gasteiger partial charge in [0.1, 0.15) is 0 Å². The second-order valence-electron chi connectivity index (χ2n) is 4.23. The summed E-state index contributed by atoms with van der Waals surface area (Å²) in [6.45, 7) is 6.01. The van der Waals surface area contributed by atoms with Gasteiger partial charge in [0.25, 0.3) is 0 Å². The van der Waals surface area contributed by atoms with Crippen LogP contribution in [-0.4, -0.2) is 43.0 Å². The number of carbonyl (C=O) groups excluding carboxylic acids is 1. The maximum atomic E-state index is 11.0. The van der Waals surface area contributed by atoms with E-state index in [1.165, 1.54) is 0 Å². The number of nitrogens with two attached hydrogens (primary N) is 1. The topological polar surface area (TPSA) is 58.4 Å². The maximum Gasteiger partial charge on any atom is 0.234 e. The van der Waals surface area contributed by atoms with Crippen molar-refractivity contribution in [2.75, 3.05) is 20.1 Å². The molecule has 14 heavy (non-hydrogen) atoms. The molecule has 1 aliphatic rings. The predicted molar refractivity (Wildman–Crippen MR) is 56.9 cm³/mol. The van der Waals surface area contributed by atoms with E-state index < -0.39 is 0 Å². The summed E-state index contributed by atoms with van der Waals surface area (Å²) in [5.41, 5.74) is 5.28. The van der Waals surface area contributed by atoms with Gasteiger partial charge in [0, 0.05) is 19.1 Å². The van der Waals surface area contributed by atoms with Crippen LogP contribution in [0.2, 0.25) is 0 Å². The van der Waals surface area contributed by atoms with Gasteiger partial charge in [-0.1, -0.05) is 6.92 Å². The molecule has 0 saturated carbocycles. The Balaban J connectivity index is 2.50. The number of nitrogens with zero attached hydrogens (tertiary/aromatic N) is 1. The summed E-state index contributed by atoms with van der Waals surface area (Å²) < 4.78 is 0. The van der Waals surface area contributed by atoms with Crippen molar-refractivity contribution in [3.05, 3.63) is 0 Å². The number of primary amides is 1. The van der Waals surface area contributed by atoms with Gasteiger partial charge in [-0.05, 0) is 26.3 Å². The fourth-order valence-electron chi connectivity index (χ4n) is 2.14. The van der Waals surface area contributed by atoms with Crippen LogP contribution in [0.3, 0.4) is 0 Å². The third kappa shape index (κ3) is 2.45. The molecule has 3 atom stereocenters. The van der Waals surface area contributed by atoms with Gasteiger partial charge in [0.15, 0.2) is 0 Å². The van der Waals surface area contributed by atoms with Crippen LogP contribution < -0.4 is 11.1 Å². The largest absolute Gasteiger partial charge is 0.368 e. The minimum Gasteiger partial charge on any atom is -0.368 e. The summed E-state index contributed by atoms with van der Waals surface area (Å²) in [4.78, 5) is 13.2. The van der Waals surface area contributed by atoms with Crippen LogP contribution in [0.1, 0.15) is 20.3 Å². The number of likely N-dealkylation sites (tertiary alicyclic amines) is 1. The molecule has 1 rings (SSSR count). The molecule has 1 fully saturated rings. The quantitative estimate of drug-likeness (QED) is 0.661. The standard InChI is InChI=1S/C10H21N3O/c1-7-6-13(8(2)10(11)14)5-4-9(7)12-3/h7-9,12H,4-6H2,1-3H3,(H2,11,14). The molecule has 0 aliphatic carbocycles. The van der Waals surface area contributed by atoms with Crippen LogP contribution in [0.15, 0.2) is 0 Å². The highest BCUT2D eigenvalue weighted by Crippen LogP contribution is 2.18. The first kappa shape index (κ1) is 11.5. The van der Waals surface area contributed by atoms with Crippen molar-refractivity contribution in [1.29, 1.82) is 0 Å². The molecule has 1 saturated heterocycles. The van der Waals surface area contributed by atoms with Crippen LogP contribution in [0.25, 0.3) is 0 Å². The molecule has 4 heteroatoms. The van der Waals surface area contributed by atoms with E-state index in [0.29, 0.717) is 12.0 Å². The van der Waals surface area contributed by atoms with Crippen molar-refractivity contribution >= 4 is 5.91 Å². The van der Waals surface area contributed by atoms with E-state index in [2.05, 4.69) is 17.1 Å². The number of piperidine rings is 1. The molecule has 1 heterocycles. The highest BCUT2D eigenvalue weighted by Gasteiger charge is 2.29. The Kier molecular flexibility index (Phi) is 3.89. The number of hydrogen-bond donors (Lipinski definition) is 2. The minimum absolute atomic E-state index is 0.129. The Morgan fingerprint density at radius 1 is 1.64 bits per heavy atom. The van der Waals surface area contributed by atoms with E-state index in [9.17, 15) is 4.79 Å². The number of carbonyl (C=O) groups is 1. The zero-order valence-electron chi connectivity index (χ0n) is 9.29. The highest BCUT2D eigenvalue weighted by atomic mass is 16.1. The molecule has 0 aromatic rings. The summed E-state index contributed by atoms with van der Waals surface area (Å²) in [5, 5.41) is 3.30. The van der Waals surface area contributed by atoms with E-state index in [0.717, 1.165) is 19.5 Å². The second kappa shape index (κ2) is 4.75. The molecule has 0 aromatic carbocycles. The van der Waals surface area contributed by atoms with E-state index in [1.54, 1.807) is 0 Å². The molecular formula is C10H21N3O. The van der Waals surface area contributed by atoms with Gasteiger partial charge in [-0.3, -0.25) is 9.69 Å². The third-order valence-corrected chi connectivity index (χ3v) is 3.27. The minimum atomic E-state index is -0.222. The zero-order valence-corrected chi connectivity index (χ0v) is 9.29. The smallest absolute Gasteiger partial charge is 0.234 e. The first-order valence-electron chi connectivity index (χ1n) is 5.27. The fraction of sp³-hybridized carbons (Fsp3) is 0.900. The Hall–Kier alpha value is -0.610. The van der Waals surface area contributed by atoms with Crippen LogP contribution in [-0.2, 0) is 4.79 Å². The lowest BCUT2D eigenvalue weighted by Gasteiger charge is -2.38. The lowest BCUT2D eigenvalue weighted by Crippen LogP contribution is -2.53. The van der Waals surface area contributed by atoms with E-state index >= 15 is 0 Å². The van der Waals surface area contributed by atoms with E-state index in [1.807, 2.05) is 14.0 Å². The molecule has 0 aromatic heterocycles. The van der Waals surface area contributed by atoms with Gasteiger partial charge < -0.3 is 11.1 Å². The van der Waals surface area contributed by atoms with Crippen molar-refractivity contribution in [1.82, 2.24) is 10.2 Å². The van der Waals surface area contributed by atoms with Gasteiger partial charge in [-0.15, -0.1) is 0 Å². The monoisotopic (exact) mass is 199 g/mol. The Morgan fingerprint density at radius 3 is 2.71 bits per heavy atom. The fourth-order valence-corrected chi connectivity index (χ4v) is 2.14. The molecule has 3 unspecified atom stereocenters. The van der Waals surface area contributed by atoms with Gasteiger partial charge >= 0.3 is 0 Å². The van der Waals surface area contributed by atoms with Crippen LogP contribution in [0.4, 0.5) is 0 Å². The molecule has 82 valence electrons. The van der Waals surface area contributed by atoms with Crippen molar-refractivity contribution < 1.29 is 4.79 Å². The number of nitrogens with one attached hydrogen (secondary N) is 1. The molecular weight excluding hydrogens is 178 g/mol. The molecule has 0 bridgehead atoms. The Labute approximate surface area is 85.8 Å². The first-order chi connectivity index (χ1) is 6.56. The van der Waals surface area contributed by atoms with Gasteiger partial charge in [0.2, 0.25) is 5.91 Å². The molecule has 4 nitrogen and oxygen atoms in total. The zero-order chi connectivity index (χ0) is 10.7. The molecule has 1 amide bonds. The molecule has 3 N–H and O–H groups in total. The highest BCUT2D eigenvalue weighted by molar-refractivity contribution is 5.79. The normalized spacial score (nSPS) is 31.4. The molecule has 1 aliphatic heterocycles. The SMILES string of the molecule is CNC1CCN(C(C)C(N)=O)CC1C. The Bertz CT molecular complexity index is 208. The summed E-state index contributed by atoms with van der Waals surface area (Å²) >= 11 is 0. The van der Waals surface area contributed by atoms with Crippen LogP contribution >= 0.6 is 0 Å². The van der Waals surface area contributed by atoms with Crippen molar-refractivity contribution in [2.24, 2.45) is 11.7 Å². The average Bonchev–Trinajstić information content (AvgIpc) is 2.16. The van der Waals surface area contributed by atoms with Crippen molar-refractivity contribution in [3.63, 3.8) is 0 Å². The average molecular weight is 199 g/mol. The van der Waals surface area contributed by atoms with E-state index in [4.69, 9.17) is 5.73 Å². The van der Waals surface area contributed by atoms with Crippen LogP contribution in [0.5, 0.6) is 0 Å². The third-order valence-electron chi connectivity index (χ3n) is 3.27. The number of rotatable bonds is 3. The predicted octanol–water partition coefficient (Wildman–Crippen LogP) is -0.210. The lowest BCUT2D eigenvalue weighted by atomic mass is 9.93. The van der Waals surface area contributed by atoms with Gasteiger partial charge in [-0.2, -0.15) is 0 Å². The first-order valence-corrected chi connectivity index (χ1v) is 5.27. The summed E-state index contributed by atoms with van der Waals surface area (Å²) in [6.07, 6.45) is 1.09. The summed E-state index contributed by atoms with van der Waals surface area (Å²) in [5.74, 6) is 0.357. The van der Waals surface area contributed by atoms with Gasteiger partial charge in [0.05, 0.1) is 6.04 Å².